The van der Waals surface area contributed by atoms with E-state index in [1.54, 1.807) is 0 Å². The average Bonchev–Trinajstić information content (AvgIpc) is 2.75. The molecule has 0 N–H and O–H groups in total. The second-order valence-corrected chi connectivity index (χ2v) is 7.14. The van der Waals surface area contributed by atoms with Gasteiger partial charge in [-0.25, -0.2) is 0 Å². The smallest absolute Gasteiger partial charge is 0.0629 e. The van der Waals surface area contributed by atoms with Crippen molar-refractivity contribution in [3.63, 3.8) is 0 Å². The molecule has 0 aromatic carbocycles. The first kappa shape index (κ1) is 12.0. The van der Waals surface area contributed by atoms with Gasteiger partial charge in [0.15, 0.2) is 0 Å². The Hall–Kier alpha value is -0.0800. The Morgan fingerprint density at radius 3 is 2.47 bits per heavy atom. The van der Waals surface area contributed by atoms with Gasteiger partial charge in [-0.1, -0.05) is 6.42 Å². The van der Waals surface area contributed by atoms with Gasteiger partial charge >= 0.3 is 0 Å². The normalized spacial score (nSPS) is 41.6. The lowest BCUT2D eigenvalue weighted by atomic mass is 9.88. The van der Waals surface area contributed by atoms with Gasteiger partial charge in [-0.05, 0) is 57.3 Å². The molecule has 3 rings (SSSR count). The van der Waals surface area contributed by atoms with E-state index >= 15 is 0 Å². The van der Waals surface area contributed by atoms with E-state index in [4.69, 9.17) is 4.74 Å². The van der Waals surface area contributed by atoms with E-state index in [0.717, 1.165) is 24.4 Å². The highest BCUT2D eigenvalue weighted by Crippen LogP contribution is 2.39. The third-order valence-electron chi connectivity index (χ3n) is 5.12. The fourth-order valence-electron chi connectivity index (χ4n) is 4.36. The molecule has 0 aromatic heterocycles. The van der Waals surface area contributed by atoms with Crippen molar-refractivity contribution in [1.29, 1.82) is 0 Å². The second-order valence-electron chi connectivity index (χ2n) is 7.14. The SMILES string of the molecule is CC1(C)CC(CN2CC3CCCC3C2)CCO1. The number of nitrogens with zero attached hydrogens (tertiary/aromatic N) is 1. The van der Waals surface area contributed by atoms with Gasteiger partial charge in [0.1, 0.15) is 0 Å². The lowest BCUT2D eigenvalue weighted by molar-refractivity contribution is -0.0762. The molecule has 17 heavy (non-hydrogen) atoms. The topological polar surface area (TPSA) is 12.5 Å². The van der Waals surface area contributed by atoms with Crippen molar-refractivity contribution in [3.05, 3.63) is 0 Å². The minimum absolute atomic E-state index is 0.124. The maximum absolute atomic E-state index is 5.82. The summed E-state index contributed by atoms with van der Waals surface area (Å²) in [6, 6.07) is 0. The van der Waals surface area contributed by atoms with E-state index in [1.807, 2.05) is 0 Å². The van der Waals surface area contributed by atoms with Crippen LogP contribution in [0.3, 0.4) is 0 Å². The van der Waals surface area contributed by atoms with Crippen molar-refractivity contribution in [2.24, 2.45) is 17.8 Å². The van der Waals surface area contributed by atoms with E-state index in [-0.39, 0.29) is 5.60 Å². The summed E-state index contributed by atoms with van der Waals surface area (Å²) in [5.41, 5.74) is 0.124. The maximum Gasteiger partial charge on any atom is 0.0629 e. The van der Waals surface area contributed by atoms with Crippen LogP contribution in [0.25, 0.3) is 0 Å². The molecule has 3 atom stereocenters. The number of fused-ring (bicyclic) bond motifs is 1. The zero-order valence-corrected chi connectivity index (χ0v) is 11.5. The summed E-state index contributed by atoms with van der Waals surface area (Å²) in [5.74, 6) is 2.96. The van der Waals surface area contributed by atoms with Crippen LogP contribution in [0.15, 0.2) is 0 Å². The molecule has 3 aliphatic rings. The van der Waals surface area contributed by atoms with Crippen molar-refractivity contribution in [2.45, 2.75) is 51.6 Å². The summed E-state index contributed by atoms with van der Waals surface area (Å²) in [6.07, 6.45) is 7.02. The molecule has 3 fully saturated rings. The summed E-state index contributed by atoms with van der Waals surface area (Å²) in [6.45, 7) is 9.58. The van der Waals surface area contributed by atoms with Gasteiger partial charge in [0.25, 0.3) is 0 Å². The molecule has 2 aliphatic heterocycles. The van der Waals surface area contributed by atoms with Crippen LogP contribution < -0.4 is 0 Å². The molecule has 0 radical (unpaired) electrons. The minimum atomic E-state index is 0.124. The summed E-state index contributed by atoms with van der Waals surface area (Å²) in [4.78, 5) is 2.75. The summed E-state index contributed by atoms with van der Waals surface area (Å²) in [5, 5.41) is 0. The van der Waals surface area contributed by atoms with Crippen LogP contribution in [-0.2, 0) is 4.74 Å². The molecule has 0 aromatic rings. The molecular weight excluding hydrogens is 210 g/mol. The van der Waals surface area contributed by atoms with Crippen LogP contribution in [0.1, 0.15) is 46.0 Å². The fraction of sp³-hybridized carbons (Fsp3) is 1.00. The van der Waals surface area contributed by atoms with E-state index in [9.17, 15) is 0 Å². The minimum Gasteiger partial charge on any atom is -0.376 e. The van der Waals surface area contributed by atoms with Gasteiger partial charge in [0.2, 0.25) is 0 Å². The van der Waals surface area contributed by atoms with Gasteiger partial charge in [-0.15, -0.1) is 0 Å². The van der Waals surface area contributed by atoms with Crippen LogP contribution >= 0.6 is 0 Å². The monoisotopic (exact) mass is 237 g/mol. The molecule has 2 nitrogen and oxygen atoms in total. The molecule has 0 spiro atoms. The number of ether oxygens (including phenoxy) is 1. The molecule has 0 bridgehead atoms. The number of hydrogen-bond donors (Lipinski definition) is 0. The predicted molar refractivity (Wildman–Crippen MR) is 70.0 cm³/mol. The summed E-state index contributed by atoms with van der Waals surface area (Å²) < 4.78 is 5.82. The van der Waals surface area contributed by atoms with Gasteiger partial charge in [0.05, 0.1) is 5.60 Å². The van der Waals surface area contributed by atoms with Crippen molar-refractivity contribution in [2.75, 3.05) is 26.2 Å². The van der Waals surface area contributed by atoms with Crippen molar-refractivity contribution in [3.8, 4) is 0 Å². The highest BCUT2D eigenvalue weighted by atomic mass is 16.5. The van der Waals surface area contributed by atoms with Crippen LogP contribution in [0.5, 0.6) is 0 Å². The Morgan fingerprint density at radius 1 is 1.12 bits per heavy atom. The molecule has 3 unspecified atom stereocenters. The lowest BCUT2D eigenvalue weighted by Crippen LogP contribution is -2.39. The molecule has 1 saturated carbocycles. The van der Waals surface area contributed by atoms with Crippen LogP contribution in [0.2, 0.25) is 0 Å². The van der Waals surface area contributed by atoms with Gasteiger partial charge in [-0.3, -0.25) is 0 Å². The Morgan fingerprint density at radius 2 is 1.82 bits per heavy atom. The Kier molecular flexibility index (Phi) is 3.20. The zero-order valence-electron chi connectivity index (χ0n) is 11.5. The predicted octanol–water partition coefficient (Wildman–Crippen LogP) is 2.92. The standard InChI is InChI=1S/C15H27NO/c1-15(2)8-12(6-7-17-15)9-16-10-13-4-3-5-14(13)11-16/h12-14H,3-11H2,1-2H3. The van der Waals surface area contributed by atoms with E-state index in [1.165, 1.54) is 51.7 Å². The molecule has 2 heterocycles. The number of rotatable bonds is 2. The maximum atomic E-state index is 5.82. The largest absolute Gasteiger partial charge is 0.376 e. The average molecular weight is 237 g/mol. The molecular formula is C15H27NO. The van der Waals surface area contributed by atoms with Crippen molar-refractivity contribution < 1.29 is 4.74 Å². The zero-order chi connectivity index (χ0) is 11.9. The second kappa shape index (κ2) is 4.55. The van der Waals surface area contributed by atoms with Crippen molar-refractivity contribution in [1.82, 2.24) is 4.90 Å². The first-order valence-corrected chi connectivity index (χ1v) is 7.49. The first-order chi connectivity index (χ1) is 8.12. The Bertz CT molecular complexity index is 264. The lowest BCUT2D eigenvalue weighted by Gasteiger charge is -2.37. The van der Waals surface area contributed by atoms with Crippen LogP contribution in [0.4, 0.5) is 0 Å². The first-order valence-electron chi connectivity index (χ1n) is 7.49. The van der Waals surface area contributed by atoms with Crippen LogP contribution in [-0.4, -0.2) is 36.7 Å². The van der Waals surface area contributed by atoms with Gasteiger partial charge in [-0.2, -0.15) is 0 Å². The molecule has 2 heteroatoms. The fourth-order valence-corrected chi connectivity index (χ4v) is 4.36. The van der Waals surface area contributed by atoms with E-state index in [2.05, 4.69) is 18.7 Å². The molecule has 2 saturated heterocycles. The molecule has 98 valence electrons. The van der Waals surface area contributed by atoms with Gasteiger partial charge in [0, 0.05) is 26.2 Å². The number of hydrogen-bond acceptors (Lipinski definition) is 2. The number of likely N-dealkylation sites (tertiary alicyclic amines) is 1. The Balaban J connectivity index is 1.51. The highest BCUT2D eigenvalue weighted by molar-refractivity contribution is 4.90. The molecule has 1 aliphatic carbocycles. The molecule has 0 amide bonds. The third kappa shape index (κ3) is 2.68. The van der Waals surface area contributed by atoms with Crippen molar-refractivity contribution >= 4 is 0 Å². The quantitative estimate of drug-likeness (QED) is 0.732. The van der Waals surface area contributed by atoms with Gasteiger partial charge < -0.3 is 9.64 Å². The summed E-state index contributed by atoms with van der Waals surface area (Å²) in [7, 11) is 0. The van der Waals surface area contributed by atoms with E-state index in [0.29, 0.717) is 0 Å². The third-order valence-corrected chi connectivity index (χ3v) is 5.12. The summed E-state index contributed by atoms with van der Waals surface area (Å²) >= 11 is 0. The van der Waals surface area contributed by atoms with E-state index < -0.39 is 0 Å². The Labute approximate surface area is 106 Å². The van der Waals surface area contributed by atoms with Crippen LogP contribution in [0, 0.1) is 17.8 Å². The highest BCUT2D eigenvalue weighted by Gasteiger charge is 2.37.